The van der Waals surface area contributed by atoms with Crippen LogP contribution >= 0.6 is 0 Å². The van der Waals surface area contributed by atoms with Crippen LogP contribution in [0.1, 0.15) is 25.7 Å². The second kappa shape index (κ2) is 4.63. The molecule has 2 aliphatic rings. The summed E-state index contributed by atoms with van der Waals surface area (Å²) in [5.41, 5.74) is 0. The fourth-order valence-corrected chi connectivity index (χ4v) is 2.83. The van der Waals surface area contributed by atoms with Crippen LogP contribution in [0.2, 0.25) is 0 Å². The molecule has 1 amide bonds. The highest BCUT2D eigenvalue weighted by molar-refractivity contribution is 5.82. The topological polar surface area (TPSA) is 64.9 Å². The third-order valence-corrected chi connectivity index (χ3v) is 3.56. The average Bonchev–Trinajstić information content (AvgIpc) is 2.78. The third kappa shape index (κ3) is 2.13. The van der Waals surface area contributed by atoms with Gasteiger partial charge in [0.2, 0.25) is 5.91 Å². The van der Waals surface area contributed by atoms with Crippen molar-refractivity contribution in [2.24, 2.45) is 11.8 Å². The molecule has 0 aromatic rings. The van der Waals surface area contributed by atoms with E-state index in [9.17, 15) is 4.79 Å². The van der Waals surface area contributed by atoms with Crippen LogP contribution < -0.4 is 10.6 Å². The zero-order valence-corrected chi connectivity index (χ0v) is 8.83. The second-order valence-corrected chi connectivity index (χ2v) is 4.44. The van der Waals surface area contributed by atoms with Crippen molar-refractivity contribution in [1.29, 1.82) is 5.26 Å². The van der Waals surface area contributed by atoms with Crippen LogP contribution in [0.3, 0.4) is 0 Å². The summed E-state index contributed by atoms with van der Waals surface area (Å²) in [5, 5.41) is 14.5. The third-order valence-electron chi connectivity index (χ3n) is 3.56. The molecule has 4 nitrogen and oxygen atoms in total. The first-order valence-electron chi connectivity index (χ1n) is 5.71. The van der Waals surface area contributed by atoms with Gasteiger partial charge < -0.3 is 10.6 Å². The first-order chi connectivity index (χ1) is 7.33. The summed E-state index contributed by atoms with van der Waals surface area (Å²) >= 11 is 0. The molecule has 0 bridgehead atoms. The Morgan fingerprint density at radius 3 is 3.20 bits per heavy atom. The molecule has 2 rings (SSSR count). The number of carbonyl (C=O) groups is 1. The van der Waals surface area contributed by atoms with Gasteiger partial charge in [-0.05, 0) is 31.2 Å². The van der Waals surface area contributed by atoms with Gasteiger partial charge in [0, 0.05) is 6.54 Å². The van der Waals surface area contributed by atoms with E-state index in [0.717, 1.165) is 6.54 Å². The lowest BCUT2D eigenvalue weighted by Gasteiger charge is -2.17. The van der Waals surface area contributed by atoms with Gasteiger partial charge in [0.25, 0.3) is 0 Å². The molecule has 0 aromatic heterocycles. The standard InChI is InChI=1S/C11H17N3O/c12-5-2-6-13-11(15)10-9-4-1-3-8(9)7-14-10/h8-10,14H,1-4,6-7H2,(H,13,15). The minimum Gasteiger partial charge on any atom is -0.354 e. The van der Waals surface area contributed by atoms with E-state index in [1.54, 1.807) is 0 Å². The van der Waals surface area contributed by atoms with Crippen molar-refractivity contribution in [3.63, 3.8) is 0 Å². The van der Waals surface area contributed by atoms with Crippen LogP contribution in [0.5, 0.6) is 0 Å². The largest absolute Gasteiger partial charge is 0.354 e. The number of hydrogen-bond acceptors (Lipinski definition) is 3. The SMILES string of the molecule is N#CCCNC(=O)C1NCC2CCCC21. The van der Waals surface area contributed by atoms with Crippen molar-refractivity contribution < 1.29 is 4.79 Å². The Labute approximate surface area is 90.0 Å². The highest BCUT2D eigenvalue weighted by Gasteiger charge is 2.42. The molecule has 1 saturated carbocycles. The normalized spacial score (nSPS) is 33.4. The Morgan fingerprint density at radius 2 is 2.40 bits per heavy atom. The summed E-state index contributed by atoms with van der Waals surface area (Å²) in [4.78, 5) is 11.8. The Bertz CT molecular complexity index is 284. The van der Waals surface area contributed by atoms with Crippen molar-refractivity contribution in [2.75, 3.05) is 13.1 Å². The number of nitriles is 1. The summed E-state index contributed by atoms with van der Waals surface area (Å²) in [6.07, 6.45) is 4.10. The van der Waals surface area contributed by atoms with E-state index in [1.165, 1.54) is 19.3 Å². The molecule has 0 radical (unpaired) electrons. The van der Waals surface area contributed by atoms with Crippen molar-refractivity contribution >= 4 is 5.91 Å². The summed E-state index contributed by atoms with van der Waals surface area (Å²) in [6.45, 7) is 1.46. The average molecular weight is 207 g/mol. The Balaban J connectivity index is 1.83. The van der Waals surface area contributed by atoms with E-state index in [1.807, 2.05) is 6.07 Å². The quantitative estimate of drug-likeness (QED) is 0.659. The van der Waals surface area contributed by atoms with Crippen LogP contribution in [0, 0.1) is 23.2 Å². The van der Waals surface area contributed by atoms with Gasteiger partial charge in [-0.1, -0.05) is 6.42 Å². The molecular formula is C11H17N3O. The van der Waals surface area contributed by atoms with Crippen LogP contribution in [-0.4, -0.2) is 25.0 Å². The number of nitrogens with zero attached hydrogens (tertiary/aromatic N) is 1. The zero-order valence-electron chi connectivity index (χ0n) is 8.83. The smallest absolute Gasteiger partial charge is 0.237 e. The number of nitrogens with one attached hydrogen (secondary N) is 2. The van der Waals surface area contributed by atoms with E-state index in [0.29, 0.717) is 24.8 Å². The lowest BCUT2D eigenvalue weighted by atomic mass is 9.93. The van der Waals surface area contributed by atoms with E-state index in [-0.39, 0.29) is 11.9 Å². The maximum Gasteiger partial charge on any atom is 0.237 e. The first kappa shape index (κ1) is 10.4. The van der Waals surface area contributed by atoms with E-state index in [4.69, 9.17) is 5.26 Å². The molecule has 2 N–H and O–H groups in total. The van der Waals surface area contributed by atoms with Gasteiger partial charge in [0.05, 0.1) is 18.5 Å². The van der Waals surface area contributed by atoms with Gasteiger partial charge in [0.1, 0.15) is 0 Å². The van der Waals surface area contributed by atoms with Gasteiger partial charge in [0.15, 0.2) is 0 Å². The molecule has 1 saturated heterocycles. The number of rotatable bonds is 3. The number of carbonyl (C=O) groups excluding carboxylic acids is 1. The molecule has 15 heavy (non-hydrogen) atoms. The molecule has 0 aromatic carbocycles. The van der Waals surface area contributed by atoms with E-state index < -0.39 is 0 Å². The minimum atomic E-state index is -0.00353. The van der Waals surface area contributed by atoms with Crippen LogP contribution in [0.4, 0.5) is 0 Å². The Morgan fingerprint density at radius 1 is 1.53 bits per heavy atom. The minimum absolute atomic E-state index is 0.00353. The highest BCUT2D eigenvalue weighted by atomic mass is 16.2. The Hall–Kier alpha value is -1.08. The highest BCUT2D eigenvalue weighted by Crippen LogP contribution is 2.37. The number of hydrogen-bond donors (Lipinski definition) is 2. The molecular weight excluding hydrogens is 190 g/mol. The van der Waals surface area contributed by atoms with Gasteiger partial charge in [-0.2, -0.15) is 5.26 Å². The summed E-state index contributed by atoms with van der Waals surface area (Å²) in [7, 11) is 0. The molecule has 1 heterocycles. The molecule has 2 fully saturated rings. The van der Waals surface area contributed by atoms with E-state index >= 15 is 0 Å². The Kier molecular flexibility index (Phi) is 3.22. The van der Waals surface area contributed by atoms with Gasteiger partial charge in [-0.15, -0.1) is 0 Å². The molecule has 3 atom stereocenters. The first-order valence-corrected chi connectivity index (χ1v) is 5.71. The molecule has 1 aliphatic carbocycles. The predicted octanol–water partition coefficient (Wildman–Crippen LogP) is 0.404. The van der Waals surface area contributed by atoms with Crippen molar-refractivity contribution in [3.05, 3.63) is 0 Å². The van der Waals surface area contributed by atoms with Crippen molar-refractivity contribution in [2.45, 2.75) is 31.7 Å². The molecule has 1 aliphatic heterocycles. The van der Waals surface area contributed by atoms with Gasteiger partial charge >= 0.3 is 0 Å². The van der Waals surface area contributed by atoms with Gasteiger partial charge in [-0.3, -0.25) is 4.79 Å². The summed E-state index contributed by atoms with van der Waals surface area (Å²) in [5.74, 6) is 1.32. The second-order valence-electron chi connectivity index (χ2n) is 4.44. The van der Waals surface area contributed by atoms with Gasteiger partial charge in [-0.25, -0.2) is 0 Å². The fourth-order valence-electron chi connectivity index (χ4n) is 2.83. The van der Waals surface area contributed by atoms with Crippen LogP contribution in [-0.2, 0) is 4.79 Å². The maximum absolute atomic E-state index is 11.8. The number of fused-ring (bicyclic) bond motifs is 1. The summed E-state index contributed by atoms with van der Waals surface area (Å²) in [6, 6.07) is 2.02. The lowest BCUT2D eigenvalue weighted by molar-refractivity contribution is -0.123. The van der Waals surface area contributed by atoms with Crippen molar-refractivity contribution in [1.82, 2.24) is 10.6 Å². The molecule has 0 spiro atoms. The van der Waals surface area contributed by atoms with Crippen molar-refractivity contribution in [3.8, 4) is 6.07 Å². The number of amides is 1. The molecule has 3 unspecified atom stereocenters. The maximum atomic E-state index is 11.8. The molecule has 82 valence electrons. The predicted molar refractivity (Wildman–Crippen MR) is 55.9 cm³/mol. The fraction of sp³-hybridized carbons (Fsp3) is 0.818. The summed E-state index contributed by atoms with van der Waals surface area (Å²) < 4.78 is 0. The van der Waals surface area contributed by atoms with Crippen LogP contribution in [0.25, 0.3) is 0 Å². The van der Waals surface area contributed by atoms with E-state index in [2.05, 4.69) is 10.6 Å². The monoisotopic (exact) mass is 207 g/mol. The lowest BCUT2D eigenvalue weighted by Crippen LogP contribution is -2.44. The molecule has 4 heteroatoms. The van der Waals surface area contributed by atoms with Crippen LogP contribution in [0.15, 0.2) is 0 Å². The zero-order chi connectivity index (χ0) is 10.7.